The van der Waals surface area contributed by atoms with E-state index < -0.39 is 17.6 Å². The van der Waals surface area contributed by atoms with Crippen LogP contribution < -0.4 is 5.32 Å². The van der Waals surface area contributed by atoms with Crippen LogP contribution in [-0.4, -0.2) is 12.2 Å². The number of hydrogen-bond donors (Lipinski definition) is 1. The molecule has 1 aromatic carbocycles. The minimum absolute atomic E-state index is 0. The van der Waals surface area contributed by atoms with E-state index in [1.54, 1.807) is 0 Å². The van der Waals surface area contributed by atoms with Crippen LogP contribution >= 0.6 is 0 Å². The molecule has 0 aliphatic carbocycles. The zero-order valence-corrected chi connectivity index (χ0v) is 7.89. The Bertz CT molecular complexity index is 480. The van der Waals surface area contributed by atoms with Crippen molar-refractivity contribution in [1.82, 2.24) is 5.32 Å². The smallest absolute Gasteiger partial charge is 0.348 e. The fourth-order valence-electron chi connectivity index (χ4n) is 1.67. The van der Waals surface area contributed by atoms with Gasteiger partial charge in [0.05, 0.1) is 5.56 Å². The predicted octanol–water partition coefficient (Wildman–Crippen LogP) is 2.40. The van der Waals surface area contributed by atoms with Gasteiger partial charge in [-0.3, -0.25) is 9.59 Å². The van der Waals surface area contributed by atoms with Gasteiger partial charge < -0.3 is 5.32 Å². The Labute approximate surface area is 95.6 Å². The molecule has 1 aromatic rings. The second kappa shape index (κ2) is 4.20. The van der Waals surface area contributed by atoms with Gasteiger partial charge >= 0.3 is 6.18 Å². The Kier molecular flexibility index (Phi) is 3.26. The van der Waals surface area contributed by atoms with E-state index in [0.29, 0.717) is 6.29 Å². The summed E-state index contributed by atoms with van der Waals surface area (Å²) in [6, 6.07) is 1.92. The number of amides is 1. The van der Waals surface area contributed by atoms with E-state index in [-0.39, 0.29) is 30.7 Å². The third-order valence-electron chi connectivity index (χ3n) is 2.38. The maximum atomic E-state index is 12.6. The first-order valence-corrected chi connectivity index (χ1v) is 4.41. The summed E-state index contributed by atoms with van der Waals surface area (Å²) in [7, 11) is 0. The van der Waals surface area contributed by atoms with Crippen molar-refractivity contribution in [1.29, 1.82) is 0 Å². The van der Waals surface area contributed by atoms with Gasteiger partial charge in [-0.25, -0.2) is 0 Å². The minimum Gasteiger partial charge on any atom is -0.348 e. The van der Waals surface area contributed by atoms with Crippen molar-refractivity contribution in [3.63, 3.8) is 0 Å². The number of aldehydes is 1. The molecule has 0 saturated carbocycles. The van der Waals surface area contributed by atoms with Gasteiger partial charge in [0.1, 0.15) is 6.29 Å². The molecule has 0 fully saturated rings. The molecule has 3 nitrogen and oxygen atoms in total. The summed E-state index contributed by atoms with van der Waals surface area (Å²) in [5.74, 6) is -0.579. The van der Waals surface area contributed by atoms with Crippen molar-refractivity contribution in [2.24, 2.45) is 0 Å². The Hall–Kier alpha value is -1.85. The zero-order valence-electron chi connectivity index (χ0n) is 7.89. The SMILES string of the molecule is C.O=Cc1cc2c(c(C(F)(F)F)c1)CNC2=O. The van der Waals surface area contributed by atoms with Gasteiger partial charge in [0, 0.05) is 17.7 Å². The number of rotatable bonds is 1. The molecule has 0 saturated heterocycles. The molecule has 1 aliphatic rings. The largest absolute Gasteiger partial charge is 0.416 e. The Morgan fingerprint density at radius 2 is 1.94 bits per heavy atom. The van der Waals surface area contributed by atoms with Crippen molar-refractivity contribution < 1.29 is 22.8 Å². The van der Waals surface area contributed by atoms with E-state index in [0.717, 1.165) is 6.07 Å². The number of alkyl halides is 3. The van der Waals surface area contributed by atoms with E-state index in [2.05, 4.69) is 5.32 Å². The van der Waals surface area contributed by atoms with Crippen LogP contribution in [0.25, 0.3) is 0 Å². The standard InChI is InChI=1S/C10H6F3NO2.CH4/c11-10(12,13)8-2-5(4-15)1-6-7(8)3-14-9(6)16;/h1-2,4H,3H2,(H,14,16);1H4. The zero-order chi connectivity index (χ0) is 11.9. The summed E-state index contributed by atoms with van der Waals surface area (Å²) in [6.07, 6.45) is -4.27. The lowest BCUT2D eigenvalue weighted by Gasteiger charge is -2.11. The molecule has 17 heavy (non-hydrogen) atoms. The summed E-state index contributed by atoms with van der Waals surface area (Å²) < 4.78 is 37.9. The van der Waals surface area contributed by atoms with Crippen molar-refractivity contribution in [3.05, 3.63) is 34.4 Å². The lowest BCUT2D eigenvalue weighted by molar-refractivity contribution is -0.138. The molecule has 2 rings (SSSR count). The molecule has 0 radical (unpaired) electrons. The van der Waals surface area contributed by atoms with Crippen molar-refractivity contribution in [2.45, 2.75) is 20.1 Å². The molecule has 0 aromatic heterocycles. The van der Waals surface area contributed by atoms with Crippen LogP contribution in [0.1, 0.15) is 39.3 Å². The average molecular weight is 245 g/mol. The highest BCUT2D eigenvalue weighted by molar-refractivity contribution is 6.00. The molecular formula is C11H10F3NO2. The van der Waals surface area contributed by atoms with Gasteiger partial charge in [0.2, 0.25) is 0 Å². The van der Waals surface area contributed by atoms with E-state index in [1.807, 2.05) is 0 Å². The number of nitrogens with one attached hydrogen (secondary N) is 1. The second-order valence-corrected chi connectivity index (χ2v) is 3.39. The van der Waals surface area contributed by atoms with E-state index >= 15 is 0 Å². The number of fused-ring (bicyclic) bond motifs is 1. The van der Waals surface area contributed by atoms with Crippen LogP contribution in [0.2, 0.25) is 0 Å². The molecule has 1 aliphatic heterocycles. The van der Waals surface area contributed by atoms with Gasteiger partial charge in [0.25, 0.3) is 5.91 Å². The molecule has 1 amide bonds. The molecule has 1 heterocycles. The molecule has 0 atom stereocenters. The maximum absolute atomic E-state index is 12.6. The fraction of sp³-hybridized carbons (Fsp3) is 0.273. The Morgan fingerprint density at radius 3 is 2.47 bits per heavy atom. The Morgan fingerprint density at radius 1 is 1.29 bits per heavy atom. The molecular weight excluding hydrogens is 235 g/mol. The summed E-state index contributed by atoms with van der Waals surface area (Å²) in [4.78, 5) is 21.7. The van der Waals surface area contributed by atoms with Crippen LogP contribution in [-0.2, 0) is 12.7 Å². The summed E-state index contributed by atoms with van der Waals surface area (Å²) in [5.41, 5.74) is -1.24. The van der Waals surface area contributed by atoms with E-state index in [9.17, 15) is 22.8 Å². The van der Waals surface area contributed by atoms with Crippen LogP contribution in [0.4, 0.5) is 13.2 Å². The van der Waals surface area contributed by atoms with E-state index in [1.165, 1.54) is 6.07 Å². The first-order chi connectivity index (χ1) is 7.43. The number of benzene rings is 1. The van der Waals surface area contributed by atoms with Crippen molar-refractivity contribution in [2.75, 3.05) is 0 Å². The van der Waals surface area contributed by atoms with Crippen molar-refractivity contribution >= 4 is 12.2 Å². The Balaban J connectivity index is 0.00000144. The fourth-order valence-corrected chi connectivity index (χ4v) is 1.67. The third kappa shape index (κ3) is 2.15. The monoisotopic (exact) mass is 245 g/mol. The second-order valence-electron chi connectivity index (χ2n) is 3.39. The highest BCUT2D eigenvalue weighted by Gasteiger charge is 2.37. The lowest BCUT2D eigenvalue weighted by atomic mass is 9.99. The summed E-state index contributed by atoms with van der Waals surface area (Å²) in [5, 5.41) is 2.29. The van der Waals surface area contributed by atoms with E-state index in [4.69, 9.17) is 0 Å². The average Bonchev–Trinajstić information content (AvgIpc) is 2.58. The van der Waals surface area contributed by atoms with Crippen LogP contribution in [0.5, 0.6) is 0 Å². The quantitative estimate of drug-likeness (QED) is 0.772. The van der Waals surface area contributed by atoms with Crippen LogP contribution in [0, 0.1) is 0 Å². The van der Waals surface area contributed by atoms with Crippen molar-refractivity contribution in [3.8, 4) is 0 Å². The first kappa shape index (κ1) is 13.2. The lowest BCUT2D eigenvalue weighted by Crippen LogP contribution is -2.12. The van der Waals surface area contributed by atoms with Crippen LogP contribution in [0.15, 0.2) is 12.1 Å². The first-order valence-electron chi connectivity index (χ1n) is 4.41. The number of carbonyl (C=O) groups is 2. The number of carbonyl (C=O) groups excluding carboxylic acids is 2. The topological polar surface area (TPSA) is 46.2 Å². The molecule has 1 N–H and O–H groups in total. The van der Waals surface area contributed by atoms with Gasteiger partial charge in [-0.15, -0.1) is 0 Å². The maximum Gasteiger partial charge on any atom is 0.416 e. The third-order valence-corrected chi connectivity index (χ3v) is 2.38. The van der Waals surface area contributed by atoms with Gasteiger partial charge in [0.15, 0.2) is 0 Å². The summed E-state index contributed by atoms with van der Waals surface area (Å²) >= 11 is 0. The van der Waals surface area contributed by atoms with Crippen LogP contribution in [0.3, 0.4) is 0 Å². The highest BCUT2D eigenvalue weighted by atomic mass is 19.4. The predicted molar refractivity (Wildman–Crippen MR) is 54.7 cm³/mol. The molecule has 92 valence electrons. The number of hydrogen-bond acceptors (Lipinski definition) is 2. The molecule has 0 unspecified atom stereocenters. The van der Waals surface area contributed by atoms with Gasteiger partial charge in [-0.2, -0.15) is 13.2 Å². The number of halogens is 3. The van der Waals surface area contributed by atoms with Gasteiger partial charge in [-0.05, 0) is 17.7 Å². The van der Waals surface area contributed by atoms with Gasteiger partial charge in [-0.1, -0.05) is 7.43 Å². The molecule has 6 heteroatoms. The normalized spacial score (nSPS) is 13.7. The molecule has 0 bridgehead atoms. The summed E-state index contributed by atoms with van der Waals surface area (Å²) in [6.45, 7) is -0.151. The molecule has 0 spiro atoms. The minimum atomic E-state index is -4.56. The highest BCUT2D eigenvalue weighted by Crippen LogP contribution is 2.35.